The van der Waals surface area contributed by atoms with Crippen LogP contribution in [0.4, 0.5) is 5.82 Å². The number of nitrogens with one attached hydrogen (secondary N) is 1. The van der Waals surface area contributed by atoms with E-state index in [1.165, 1.54) is 6.07 Å². The predicted molar refractivity (Wildman–Crippen MR) is 67.3 cm³/mol. The van der Waals surface area contributed by atoms with E-state index in [1.807, 2.05) is 0 Å². The van der Waals surface area contributed by atoms with Crippen LogP contribution < -0.4 is 11.1 Å². The third-order valence-corrected chi connectivity index (χ3v) is 2.54. The number of aromatic nitrogens is 2. The van der Waals surface area contributed by atoms with E-state index in [2.05, 4.69) is 15.5 Å². The zero-order chi connectivity index (χ0) is 13.7. The van der Waals surface area contributed by atoms with E-state index in [9.17, 15) is 4.79 Å². The Kier molecular flexibility index (Phi) is 4.09. The molecule has 1 atom stereocenters. The van der Waals surface area contributed by atoms with Crippen molar-refractivity contribution in [2.75, 3.05) is 11.9 Å². The summed E-state index contributed by atoms with van der Waals surface area (Å²) in [6, 6.07) is 6.44. The summed E-state index contributed by atoms with van der Waals surface area (Å²) in [5.74, 6) is 0.534. The summed E-state index contributed by atoms with van der Waals surface area (Å²) in [5, 5.41) is 19.7. The van der Waals surface area contributed by atoms with Gasteiger partial charge in [0.1, 0.15) is 11.6 Å². The number of anilines is 1. The topological polar surface area (TPSA) is 114 Å². The number of primary amides is 1. The first-order valence-electron chi connectivity index (χ1n) is 5.75. The van der Waals surface area contributed by atoms with Crippen molar-refractivity contribution in [3.05, 3.63) is 42.0 Å². The van der Waals surface area contributed by atoms with Crippen LogP contribution in [0.3, 0.4) is 0 Å². The Labute approximate surface area is 109 Å². The van der Waals surface area contributed by atoms with Gasteiger partial charge in [0.05, 0.1) is 12.3 Å². The van der Waals surface area contributed by atoms with Crippen LogP contribution >= 0.6 is 0 Å². The van der Waals surface area contributed by atoms with Gasteiger partial charge in [-0.3, -0.25) is 4.79 Å². The van der Waals surface area contributed by atoms with Crippen LogP contribution in [0.25, 0.3) is 0 Å². The lowest BCUT2D eigenvalue weighted by Gasteiger charge is -2.15. The Hall–Kier alpha value is -2.41. The fraction of sp³-hybridized carbons (Fsp3) is 0.250. The molecule has 2 aromatic rings. The van der Waals surface area contributed by atoms with E-state index < -0.39 is 5.91 Å². The lowest BCUT2D eigenvalue weighted by Crippen LogP contribution is -2.16. The second kappa shape index (κ2) is 5.96. The number of nitrogens with two attached hydrogens (primary N) is 1. The minimum Gasteiger partial charge on any atom is -0.467 e. The van der Waals surface area contributed by atoms with Gasteiger partial charge >= 0.3 is 0 Å². The van der Waals surface area contributed by atoms with Gasteiger partial charge in [-0.1, -0.05) is 0 Å². The first kappa shape index (κ1) is 13.0. The Morgan fingerprint density at radius 3 is 2.79 bits per heavy atom. The number of nitrogens with zero attached hydrogens (tertiary/aromatic N) is 2. The first-order valence-corrected chi connectivity index (χ1v) is 5.75. The molecule has 7 nitrogen and oxygen atoms in total. The van der Waals surface area contributed by atoms with Crippen LogP contribution in [0.1, 0.15) is 28.7 Å². The molecule has 0 aliphatic rings. The monoisotopic (exact) mass is 262 g/mol. The fourth-order valence-electron chi connectivity index (χ4n) is 1.62. The minimum absolute atomic E-state index is 0.00512. The summed E-state index contributed by atoms with van der Waals surface area (Å²) in [7, 11) is 0. The van der Waals surface area contributed by atoms with Gasteiger partial charge in [0.2, 0.25) is 0 Å². The highest BCUT2D eigenvalue weighted by Crippen LogP contribution is 2.21. The highest BCUT2D eigenvalue weighted by atomic mass is 16.3. The van der Waals surface area contributed by atoms with Crippen molar-refractivity contribution in [3.63, 3.8) is 0 Å². The molecule has 2 heterocycles. The molecule has 7 heteroatoms. The van der Waals surface area contributed by atoms with E-state index >= 15 is 0 Å². The van der Waals surface area contributed by atoms with Gasteiger partial charge in [0, 0.05) is 6.61 Å². The molecular weight excluding hydrogens is 248 g/mol. The number of carbonyl (C=O) groups is 1. The quantitative estimate of drug-likeness (QED) is 0.706. The number of carbonyl (C=O) groups excluding carboxylic acids is 1. The van der Waals surface area contributed by atoms with Gasteiger partial charge in [0.15, 0.2) is 5.69 Å². The van der Waals surface area contributed by atoms with Crippen molar-refractivity contribution >= 4 is 11.7 Å². The molecule has 100 valence electrons. The van der Waals surface area contributed by atoms with E-state index in [4.69, 9.17) is 15.3 Å². The van der Waals surface area contributed by atoms with Crippen molar-refractivity contribution in [2.45, 2.75) is 12.5 Å². The van der Waals surface area contributed by atoms with Gasteiger partial charge in [-0.05, 0) is 30.7 Å². The molecule has 1 unspecified atom stereocenters. The molecule has 0 radical (unpaired) electrons. The molecule has 0 saturated carbocycles. The number of furan rings is 1. The molecule has 2 aromatic heterocycles. The number of aliphatic hydroxyl groups excluding tert-OH is 1. The summed E-state index contributed by atoms with van der Waals surface area (Å²) in [6.45, 7) is 0.00512. The van der Waals surface area contributed by atoms with Crippen LogP contribution in [0, 0.1) is 0 Å². The van der Waals surface area contributed by atoms with Gasteiger partial charge in [-0.2, -0.15) is 0 Å². The van der Waals surface area contributed by atoms with Crippen LogP contribution in [0.15, 0.2) is 34.9 Å². The maximum absolute atomic E-state index is 10.9. The average molecular weight is 262 g/mol. The molecule has 0 saturated heterocycles. The molecule has 0 bridgehead atoms. The summed E-state index contributed by atoms with van der Waals surface area (Å²) in [4.78, 5) is 10.9. The third kappa shape index (κ3) is 3.29. The molecule has 4 N–H and O–H groups in total. The largest absolute Gasteiger partial charge is 0.467 e. The zero-order valence-corrected chi connectivity index (χ0v) is 10.1. The summed E-state index contributed by atoms with van der Waals surface area (Å²) in [5.41, 5.74) is 5.18. The number of hydrogen-bond donors (Lipinski definition) is 3. The van der Waals surface area contributed by atoms with Gasteiger partial charge in [-0.25, -0.2) is 0 Å². The van der Waals surface area contributed by atoms with Crippen molar-refractivity contribution in [2.24, 2.45) is 5.73 Å². The normalized spacial score (nSPS) is 12.1. The number of hydrogen-bond acceptors (Lipinski definition) is 6. The lowest BCUT2D eigenvalue weighted by molar-refractivity contribution is 0.0994. The second-order valence-electron chi connectivity index (χ2n) is 3.89. The van der Waals surface area contributed by atoms with Crippen LogP contribution in [-0.2, 0) is 0 Å². The molecule has 0 aliphatic heterocycles. The SMILES string of the molecule is NC(=O)c1ccc(NC(CCO)c2ccco2)nn1. The average Bonchev–Trinajstić information content (AvgIpc) is 2.92. The molecule has 0 aromatic carbocycles. The first-order chi connectivity index (χ1) is 9.20. The van der Waals surface area contributed by atoms with E-state index in [1.54, 1.807) is 24.5 Å². The Balaban J connectivity index is 2.11. The van der Waals surface area contributed by atoms with Gasteiger partial charge in [-0.15, -0.1) is 10.2 Å². The molecule has 1 amide bonds. The Morgan fingerprint density at radius 2 is 2.26 bits per heavy atom. The van der Waals surface area contributed by atoms with Crippen molar-refractivity contribution in [1.82, 2.24) is 10.2 Å². The summed E-state index contributed by atoms with van der Waals surface area (Å²) < 4.78 is 5.29. The highest BCUT2D eigenvalue weighted by molar-refractivity contribution is 5.90. The van der Waals surface area contributed by atoms with Gasteiger partial charge in [0.25, 0.3) is 5.91 Å². The molecule has 0 fully saturated rings. The van der Waals surface area contributed by atoms with Crippen molar-refractivity contribution in [1.29, 1.82) is 0 Å². The van der Waals surface area contributed by atoms with Crippen LogP contribution in [0.2, 0.25) is 0 Å². The Bertz CT molecular complexity index is 524. The van der Waals surface area contributed by atoms with E-state index in [0.717, 1.165) is 0 Å². The second-order valence-corrected chi connectivity index (χ2v) is 3.89. The van der Waals surface area contributed by atoms with E-state index in [0.29, 0.717) is 18.0 Å². The maximum Gasteiger partial charge on any atom is 0.269 e. The Morgan fingerprint density at radius 1 is 1.42 bits per heavy atom. The highest BCUT2D eigenvalue weighted by Gasteiger charge is 2.14. The minimum atomic E-state index is -0.628. The fourth-order valence-corrected chi connectivity index (χ4v) is 1.62. The smallest absolute Gasteiger partial charge is 0.269 e. The van der Waals surface area contributed by atoms with Gasteiger partial charge < -0.3 is 20.6 Å². The summed E-state index contributed by atoms with van der Waals surface area (Å²) >= 11 is 0. The van der Waals surface area contributed by atoms with Crippen molar-refractivity contribution < 1.29 is 14.3 Å². The summed E-state index contributed by atoms with van der Waals surface area (Å²) in [6.07, 6.45) is 2.02. The molecule has 2 rings (SSSR count). The van der Waals surface area contributed by atoms with Crippen LogP contribution in [-0.4, -0.2) is 27.8 Å². The molecule has 0 spiro atoms. The maximum atomic E-state index is 10.9. The predicted octanol–water partition coefficient (Wildman–Crippen LogP) is 0.704. The number of amides is 1. The molecule has 19 heavy (non-hydrogen) atoms. The van der Waals surface area contributed by atoms with E-state index in [-0.39, 0.29) is 18.3 Å². The van der Waals surface area contributed by atoms with Crippen molar-refractivity contribution in [3.8, 4) is 0 Å². The standard InChI is InChI=1S/C12H14N4O3/c13-12(18)9-3-4-11(16-15-9)14-8(5-6-17)10-2-1-7-19-10/h1-4,7-8,17H,5-6H2,(H2,13,18)(H,14,16). The third-order valence-electron chi connectivity index (χ3n) is 2.54. The number of rotatable bonds is 6. The lowest BCUT2D eigenvalue weighted by atomic mass is 10.1. The zero-order valence-electron chi connectivity index (χ0n) is 10.1. The number of aliphatic hydroxyl groups is 1. The van der Waals surface area contributed by atoms with Crippen LogP contribution in [0.5, 0.6) is 0 Å². The molecular formula is C12H14N4O3. The molecule has 0 aliphatic carbocycles.